The van der Waals surface area contributed by atoms with Crippen molar-refractivity contribution < 1.29 is 28.5 Å². The van der Waals surface area contributed by atoms with Crippen molar-refractivity contribution >= 4 is 11.6 Å². The van der Waals surface area contributed by atoms with Gasteiger partial charge in [0.2, 0.25) is 5.91 Å². The summed E-state index contributed by atoms with van der Waals surface area (Å²) in [5, 5.41) is 22.9. The highest BCUT2D eigenvalue weighted by Crippen LogP contribution is 2.29. The molecule has 2 N–H and O–H groups in total. The van der Waals surface area contributed by atoms with Crippen molar-refractivity contribution in [3.05, 3.63) is 59.7 Å². The number of piperidine rings is 1. The number of nitrogens with zero attached hydrogens (tertiary/aromatic N) is 3. The third-order valence-corrected chi connectivity index (χ3v) is 7.18. The molecule has 0 saturated carbocycles. The van der Waals surface area contributed by atoms with Crippen LogP contribution in [0.2, 0.25) is 0 Å². The number of halogens is 2. The Balaban J connectivity index is 1.41. The quantitative estimate of drug-likeness (QED) is 0.631. The zero-order chi connectivity index (χ0) is 25.9. The molecule has 0 radical (unpaired) electrons. The van der Waals surface area contributed by atoms with E-state index < -0.39 is 11.2 Å². The van der Waals surface area contributed by atoms with Gasteiger partial charge in [0.25, 0.3) is 0 Å². The normalized spacial score (nSPS) is 22.8. The summed E-state index contributed by atoms with van der Waals surface area (Å²) in [7, 11) is 0. The molecule has 0 spiro atoms. The third-order valence-electron chi connectivity index (χ3n) is 7.18. The number of aryl methyl sites for hydroxylation is 1. The van der Waals surface area contributed by atoms with Crippen molar-refractivity contribution in [2.75, 3.05) is 57.3 Å². The van der Waals surface area contributed by atoms with E-state index >= 15 is 0 Å². The van der Waals surface area contributed by atoms with E-state index in [0.29, 0.717) is 56.9 Å². The van der Waals surface area contributed by atoms with Crippen molar-refractivity contribution in [1.82, 2.24) is 9.80 Å². The van der Waals surface area contributed by atoms with Gasteiger partial charge in [-0.3, -0.25) is 9.69 Å². The van der Waals surface area contributed by atoms with Gasteiger partial charge in [0, 0.05) is 51.9 Å². The predicted octanol–water partition coefficient (Wildman–Crippen LogP) is 2.58. The van der Waals surface area contributed by atoms with Gasteiger partial charge in [0.05, 0.1) is 12.1 Å². The second-order valence-electron chi connectivity index (χ2n) is 10.3. The molecule has 1 amide bonds. The van der Waals surface area contributed by atoms with Crippen molar-refractivity contribution in [3.8, 4) is 5.75 Å². The highest BCUT2D eigenvalue weighted by atomic mass is 19.1. The molecule has 4 rings (SSSR count). The van der Waals surface area contributed by atoms with Gasteiger partial charge in [-0.15, -0.1) is 0 Å². The molecule has 2 saturated heterocycles. The lowest BCUT2D eigenvalue weighted by Crippen LogP contribution is -2.55. The van der Waals surface area contributed by atoms with E-state index in [1.807, 2.05) is 4.90 Å². The summed E-state index contributed by atoms with van der Waals surface area (Å²) in [5.41, 5.74) is -0.942. The lowest BCUT2D eigenvalue weighted by Gasteiger charge is -2.42. The summed E-state index contributed by atoms with van der Waals surface area (Å²) in [4.78, 5) is 17.9. The molecule has 2 heterocycles. The van der Waals surface area contributed by atoms with Gasteiger partial charge in [-0.05, 0) is 67.8 Å². The van der Waals surface area contributed by atoms with Crippen LogP contribution in [0.4, 0.5) is 14.5 Å². The highest BCUT2D eigenvalue weighted by molar-refractivity contribution is 5.73. The van der Waals surface area contributed by atoms with Crippen molar-refractivity contribution in [3.63, 3.8) is 0 Å². The smallest absolute Gasteiger partial charge is 0.219 e. The minimum Gasteiger partial charge on any atom is -0.490 e. The number of ether oxygens (including phenoxy) is 1. The van der Waals surface area contributed by atoms with Crippen LogP contribution in [0.25, 0.3) is 0 Å². The minimum atomic E-state index is -1.37. The largest absolute Gasteiger partial charge is 0.490 e. The fourth-order valence-corrected chi connectivity index (χ4v) is 5.07. The number of hydrogen-bond acceptors (Lipinski definition) is 6. The second kappa shape index (κ2) is 10.7. The zero-order valence-electron chi connectivity index (χ0n) is 20.9. The summed E-state index contributed by atoms with van der Waals surface area (Å²) in [6, 6.07) is 10.8. The molecule has 9 heteroatoms. The number of carbonyl (C=O) groups excluding carboxylic acids is 1. The number of β-amino-alcohol motifs (C(OH)–C–C–N with tert-alkyl or cyclic N) is 2. The Morgan fingerprint density at radius 3 is 2.31 bits per heavy atom. The summed E-state index contributed by atoms with van der Waals surface area (Å²) in [5.74, 6) is -0.305. The summed E-state index contributed by atoms with van der Waals surface area (Å²) < 4.78 is 32.7. The molecule has 2 aromatic rings. The van der Waals surface area contributed by atoms with E-state index in [2.05, 4.69) is 4.90 Å². The Morgan fingerprint density at radius 1 is 0.972 bits per heavy atom. The number of carbonyl (C=O) groups is 1. The van der Waals surface area contributed by atoms with Gasteiger partial charge in [-0.1, -0.05) is 0 Å². The van der Waals surface area contributed by atoms with Crippen molar-refractivity contribution in [2.45, 2.75) is 37.9 Å². The van der Waals surface area contributed by atoms with Crippen LogP contribution >= 0.6 is 0 Å². The molecular formula is C27H35F2N3O4. The monoisotopic (exact) mass is 503 g/mol. The van der Waals surface area contributed by atoms with Gasteiger partial charge in [-0.2, -0.15) is 0 Å². The summed E-state index contributed by atoms with van der Waals surface area (Å²) >= 11 is 0. The molecular weight excluding hydrogens is 468 g/mol. The average molecular weight is 504 g/mol. The molecule has 0 unspecified atom stereocenters. The average Bonchev–Trinajstić information content (AvgIpc) is 3.00. The zero-order valence-corrected chi connectivity index (χ0v) is 20.9. The number of rotatable bonds is 6. The lowest BCUT2D eigenvalue weighted by molar-refractivity contribution is -0.132. The van der Waals surface area contributed by atoms with E-state index in [-0.39, 0.29) is 37.2 Å². The Kier molecular flexibility index (Phi) is 7.82. The molecule has 0 aromatic heterocycles. The minimum absolute atomic E-state index is 0.0743. The van der Waals surface area contributed by atoms with Crippen LogP contribution in [0, 0.1) is 18.6 Å². The first-order chi connectivity index (χ1) is 17.0. The van der Waals surface area contributed by atoms with Crippen molar-refractivity contribution in [1.29, 1.82) is 0 Å². The van der Waals surface area contributed by atoms with Crippen LogP contribution in [0.1, 0.15) is 25.3 Å². The van der Waals surface area contributed by atoms with E-state index in [9.17, 15) is 23.8 Å². The number of aliphatic hydroxyl groups is 2. The van der Waals surface area contributed by atoms with Crippen LogP contribution < -0.4 is 9.64 Å². The molecule has 7 nitrogen and oxygen atoms in total. The van der Waals surface area contributed by atoms with E-state index in [4.69, 9.17) is 4.74 Å². The van der Waals surface area contributed by atoms with Crippen LogP contribution in [-0.2, 0) is 4.79 Å². The maximum Gasteiger partial charge on any atom is 0.219 e. The molecule has 0 aliphatic carbocycles. The SMILES string of the molecule is CC(=O)N1CCN(CC2(O)CCN(c3ccc(F)cc3)CC2)C[C@](O)(COc2ccc(F)c(C)c2)C1. The Hall–Kier alpha value is -2.75. The fraction of sp³-hybridized carbons (Fsp3) is 0.519. The third kappa shape index (κ3) is 6.52. The molecule has 2 aliphatic heterocycles. The molecule has 0 bridgehead atoms. The first kappa shape index (κ1) is 26.3. The van der Waals surface area contributed by atoms with Gasteiger partial charge in [-0.25, -0.2) is 8.78 Å². The standard InChI is InChI=1S/C27H35F2N3O4/c1-20-15-24(7-8-25(20)29)36-19-27(35)17-30(13-14-32(18-27)21(2)33)16-26(34)9-11-31(12-10-26)23-5-3-22(28)4-6-23/h3-8,15,34-35H,9-14,16-19H2,1-2H3/t27-/m1/s1. The molecule has 196 valence electrons. The molecule has 2 aliphatic rings. The maximum atomic E-state index is 13.6. The van der Waals surface area contributed by atoms with E-state index in [1.54, 1.807) is 30.0 Å². The first-order valence-electron chi connectivity index (χ1n) is 12.4. The Morgan fingerprint density at radius 2 is 1.67 bits per heavy atom. The summed E-state index contributed by atoms with van der Waals surface area (Å²) in [6.07, 6.45) is 1.06. The first-order valence-corrected chi connectivity index (χ1v) is 12.4. The van der Waals surface area contributed by atoms with Gasteiger partial charge >= 0.3 is 0 Å². The highest BCUT2D eigenvalue weighted by Gasteiger charge is 2.41. The molecule has 1 atom stereocenters. The van der Waals surface area contributed by atoms with E-state index in [0.717, 1.165) is 5.69 Å². The maximum absolute atomic E-state index is 13.6. The van der Waals surface area contributed by atoms with Crippen LogP contribution in [0.5, 0.6) is 5.75 Å². The molecule has 2 aromatic carbocycles. The number of anilines is 1. The van der Waals surface area contributed by atoms with Crippen molar-refractivity contribution in [2.24, 2.45) is 0 Å². The fourth-order valence-electron chi connectivity index (χ4n) is 5.07. The number of amides is 1. The topological polar surface area (TPSA) is 76.5 Å². The lowest BCUT2D eigenvalue weighted by atomic mass is 9.90. The van der Waals surface area contributed by atoms with E-state index in [1.165, 1.54) is 31.2 Å². The van der Waals surface area contributed by atoms with Crippen LogP contribution in [0.3, 0.4) is 0 Å². The second-order valence-corrected chi connectivity index (χ2v) is 10.3. The van der Waals surface area contributed by atoms with Gasteiger partial charge < -0.3 is 24.7 Å². The number of hydrogen-bond donors (Lipinski definition) is 2. The Bertz CT molecular complexity index is 1060. The summed E-state index contributed by atoms with van der Waals surface area (Å²) in [6.45, 7) is 5.94. The Labute approximate surface area is 210 Å². The van der Waals surface area contributed by atoms with Crippen LogP contribution in [0.15, 0.2) is 42.5 Å². The van der Waals surface area contributed by atoms with Gasteiger partial charge in [0.15, 0.2) is 0 Å². The van der Waals surface area contributed by atoms with Crippen LogP contribution in [-0.4, -0.2) is 89.5 Å². The molecule has 2 fully saturated rings. The predicted molar refractivity (Wildman–Crippen MR) is 133 cm³/mol. The molecule has 36 heavy (non-hydrogen) atoms. The van der Waals surface area contributed by atoms with Gasteiger partial charge in [0.1, 0.15) is 29.6 Å². The number of benzene rings is 2.